The molecule has 1 saturated carbocycles. The number of likely N-dealkylation sites (N-methyl/N-ethyl adjacent to an activating group) is 2. The molecular weight excluding hydrogens is 736 g/mol. The predicted octanol–water partition coefficient (Wildman–Crippen LogP) is 6.12. The maximum atomic E-state index is 15.5. The molecule has 3 heterocycles. The highest BCUT2D eigenvalue weighted by Gasteiger charge is 2.55. The highest BCUT2D eigenvalue weighted by molar-refractivity contribution is 6.24. The van der Waals surface area contributed by atoms with Gasteiger partial charge >= 0.3 is 12.4 Å². The van der Waals surface area contributed by atoms with E-state index in [1.807, 2.05) is 11.9 Å². The minimum Gasteiger partial charge on any atom is -0.509 e. The van der Waals surface area contributed by atoms with Gasteiger partial charge in [0.15, 0.2) is 11.6 Å². The van der Waals surface area contributed by atoms with Crippen LogP contribution in [0.2, 0.25) is 0 Å². The van der Waals surface area contributed by atoms with Gasteiger partial charge in [-0.2, -0.15) is 30.7 Å². The van der Waals surface area contributed by atoms with Gasteiger partial charge in [0.1, 0.15) is 30.0 Å². The van der Waals surface area contributed by atoms with E-state index < -0.39 is 87.4 Å². The van der Waals surface area contributed by atoms with Crippen LogP contribution < -0.4 is 10.1 Å². The van der Waals surface area contributed by atoms with E-state index in [4.69, 9.17) is 9.47 Å². The number of benzene rings is 2. The number of rotatable bonds is 10. The van der Waals surface area contributed by atoms with E-state index in [2.05, 4.69) is 15.3 Å². The fourth-order valence-corrected chi connectivity index (χ4v) is 6.64. The third-order valence-electron chi connectivity index (χ3n) is 10.0. The quantitative estimate of drug-likeness (QED) is 0.186. The summed E-state index contributed by atoms with van der Waals surface area (Å²) < 4.78 is 123. The van der Waals surface area contributed by atoms with E-state index in [0.29, 0.717) is 50.7 Å². The summed E-state index contributed by atoms with van der Waals surface area (Å²) in [6, 6.07) is 4.77. The Labute approximate surface area is 303 Å². The molecule has 2 aliphatic heterocycles. The molecule has 3 aliphatic rings. The Balaban J connectivity index is 1.27. The van der Waals surface area contributed by atoms with E-state index in [9.17, 15) is 41.0 Å². The van der Waals surface area contributed by atoms with Crippen molar-refractivity contribution in [3.05, 3.63) is 82.5 Å². The molecule has 11 nitrogen and oxygen atoms in total. The molecule has 3 aromatic rings. The third kappa shape index (κ3) is 7.43. The molecule has 1 spiro atoms. The predicted molar refractivity (Wildman–Crippen MR) is 174 cm³/mol. The molecule has 1 unspecified atom stereocenters. The molecule has 1 atom stereocenters. The van der Waals surface area contributed by atoms with Crippen LogP contribution in [0.1, 0.15) is 42.5 Å². The minimum absolute atomic E-state index is 0.0441. The summed E-state index contributed by atoms with van der Waals surface area (Å²) in [6.45, 7) is 1.03. The Kier molecular flexibility index (Phi) is 10.6. The SMILES string of the molecule is CN(CCOc1ccc(CN2C(=O)C(C(=O)Nc3ccc(C(F)(F)F)cc3-c3cc(C(F)(F)F)ncn3)=C(O)C3(CCC3)N2C)c(F)c1F)C1CCOC1. The first kappa shape index (κ1) is 38.8. The summed E-state index contributed by atoms with van der Waals surface area (Å²) in [6.07, 6.45) is -7.61. The molecule has 1 saturated heterocycles. The monoisotopic (exact) mass is 770 g/mol. The van der Waals surface area contributed by atoms with Gasteiger partial charge in [-0.25, -0.2) is 19.4 Å². The van der Waals surface area contributed by atoms with Crippen molar-refractivity contribution in [3.63, 3.8) is 0 Å². The van der Waals surface area contributed by atoms with Crippen molar-refractivity contribution in [2.24, 2.45) is 0 Å². The lowest BCUT2D eigenvalue weighted by atomic mass is 9.72. The maximum Gasteiger partial charge on any atom is 0.433 e. The first-order chi connectivity index (χ1) is 25.4. The largest absolute Gasteiger partial charge is 0.509 e. The minimum atomic E-state index is -4.99. The molecular formula is C35H34F8N6O5. The molecule has 0 radical (unpaired) electrons. The molecule has 0 bridgehead atoms. The third-order valence-corrected chi connectivity index (χ3v) is 10.0. The molecule has 1 aromatic heterocycles. The van der Waals surface area contributed by atoms with Gasteiger partial charge in [-0.1, -0.05) is 6.07 Å². The van der Waals surface area contributed by atoms with E-state index in [1.165, 1.54) is 24.2 Å². The Bertz CT molecular complexity index is 1960. The Hall–Kier alpha value is -4.88. The molecule has 1 aliphatic carbocycles. The van der Waals surface area contributed by atoms with Gasteiger partial charge in [-0.15, -0.1) is 0 Å². The molecule has 290 valence electrons. The summed E-state index contributed by atoms with van der Waals surface area (Å²) >= 11 is 0. The number of aromatic nitrogens is 2. The zero-order valence-corrected chi connectivity index (χ0v) is 28.8. The highest BCUT2D eigenvalue weighted by atomic mass is 19.4. The van der Waals surface area contributed by atoms with Crippen molar-refractivity contribution < 1.29 is 59.3 Å². The number of aliphatic hydroxyl groups is 1. The van der Waals surface area contributed by atoms with Gasteiger partial charge in [-0.05, 0) is 63.1 Å². The van der Waals surface area contributed by atoms with Crippen LogP contribution in [0.5, 0.6) is 5.75 Å². The molecule has 2 N–H and O–H groups in total. The van der Waals surface area contributed by atoms with Gasteiger partial charge in [0.25, 0.3) is 11.8 Å². The van der Waals surface area contributed by atoms with Gasteiger partial charge in [-0.3, -0.25) is 19.5 Å². The van der Waals surface area contributed by atoms with Gasteiger partial charge in [0.05, 0.1) is 35.6 Å². The Morgan fingerprint density at radius 1 is 1.07 bits per heavy atom. The second-order valence-electron chi connectivity index (χ2n) is 13.2. The smallest absolute Gasteiger partial charge is 0.433 e. The van der Waals surface area contributed by atoms with E-state index >= 15 is 8.78 Å². The fraction of sp³-hybridized carbons (Fsp3) is 0.429. The second-order valence-corrected chi connectivity index (χ2v) is 13.2. The van der Waals surface area contributed by atoms with Gasteiger partial charge in [0.2, 0.25) is 5.82 Å². The number of carbonyl (C=O) groups excluding carboxylic acids is 2. The van der Waals surface area contributed by atoms with E-state index in [0.717, 1.165) is 17.5 Å². The zero-order chi connectivity index (χ0) is 39.2. The van der Waals surface area contributed by atoms with Crippen molar-refractivity contribution in [2.45, 2.75) is 56.2 Å². The van der Waals surface area contributed by atoms with Crippen LogP contribution in [-0.4, -0.2) is 93.8 Å². The molecule has 2 aromatic carbocycles. The van der Waals surface area contributed by atoms with Crippen molar-refractivity contribution in [1.29, 1.82) is 0 Å². The summed E-state index contributed by atoms with van der Waals surface area (Å²) in [7, 11) is 3.28. The molecule has 19 heteroatoms. The van der Waals surface area contributed by atoms with Crippen molar-refractivity contribution in [2.75, 3.05) is 45.8 Å². The average molecular weight is 771 g/mol. The average Bonchev–Trinajstić information content (AvgIpc) is 3.64. The Morgan fingerprint density at radius 3 is 2.44 bits per heavy atom. The number of nitrogens with zero attached hydrogens (tertiary/aromatic N) is 5. The van der Waals surface area contributed by atoms with Crippen LogP contribution in [-0.2, 0) is 33.2 Å². The highest BCUT2D eigenvalue weighted by Crippen LogP contribution is 2.47. The van der Waals surface area contributed by atoms with Gasteiger partial charge in [0, 0.05) is 37.4 Å². The lowest BCUT2D eigenvalue weighted by Gasteiger charge is -2.54. The van der Waals surface area contributed by atoms with Crippen molar-refractivity contribution >= 4 is 17.5 Å². The molecule has 2 fully saturated rings. The molecule has 54 heavy (non-hydrogen) atoms. The summed E-state index contributed by atoms with van der Waals surface area (Å²) in [5.41, 5.74) is -6.94. The number of alkyl halides is 6. The molecule has 2 amide bonds. The number of hydrazine groups is 1. The van der Waals surface area contributed by atoms with E-state index in [1.54, 1.807) is 0 Å². The van der Waals surface area contributed by atoms with Crippen LogP contribution in [0.3, 0.4) is 0 Å². The number of hydrogen-bond donors (Lipinski definition) is 2. The lowest BCUT2D eigenvalue weighted by Crippen LogP contribution is -2.65. The molecule has 6 rings (SSSR count). The van der Waals surface area contributed by atoms with E-state index in [-0.39, 0.29) is 36.8 Å². The van der Waals surface area contributed by atoms with Crippen LogP contribution in [0.25, 0.3) is 11.3 Å². The lowest BCUT2D eigenvalue weighted by molar-refractivity contribution is -0.172. The van der Waals surface area contributed by atoms with Crippen molar-refractivity contribution in [1.82, 2.24) is 24.9 Å². The number of nitrogens with one attached hydrogen (secondary N) is 1. The summed E-state index contributed by atoms with van der Waals surface area (Å²) in [5, 5.41) is 15.9. The second kappa shape index (κ2) is 14.7. The fourth-order valence-electron chi connectivity index (χ4n) is 6.64. The van der Waals surface area contributed by atoms with Crippen LogP contribution in [0.15, 0.2) is 54.1 Å². The number of hydrogen-bond acceptors (Lipinski definition) is 9. The summed E-state index contributed by atoms with van der Waals surface area (Å²) in [4.78, 5) is 36.5. The number of halogens is 8. The van der Waals surface area contributed by atoms with Gasteiger partial charge < -0.3 is 19.9 Å². The first-order valence-electron chi connectivity index (χ1n) is 16.7. The summed E-state index contributed by atoms with van der Waals surface area (Å²) in [5.74, 6) is -6.16. The van der Waals surface area contributed by atoms with Crippen LogP contribution in [0, 0.1) is 11.6 Å². The number of ether oxygens (including phenoxy) is 2. The topological polar surface area (TPSA) is 120 Å². The first-order valence-corrected chi connectivity index (χ1v) is 16.7. The number of aliphatic hydroxyl groups excluding tert-OH is 1. The zero-order valence-electron chi connectivity index (χ0n) is 28.8. The van der Waals surface area contributed by atoms with Crippen LogP contribution in [0.4, 0.5) is 40.8 Å². The maximum absolute atomic E-state index is 15.5. The normalized spacial score (nSPS) is 19.1. The Morgan fingerprint density at radius 2 is 1.81 bits per heavy atom. The standard InChI is InChI=1S/C35H34F8N6O5/c1-47(21-8-12-53-17-21)11-13-54-25-7-4-19(28(36)29(25)37)16-49-32(52)27(30(50)33(48(49)2)9-3-10-33)31(51)46-23-6-5-20(34(38,39)40)14-22(23)24-15-26(35(41,42)43)45-18-44-24/h4-7,14-15,18,21,50H,3,8-13,16-17H2,1-2H3,(H,46,51). The van der Waals surface area contributed by atoms with Crippen LogP contribution >= 0.6 is 0 Å². The number of amides is 2. The number of anilines is 1. The van der Waals surface area contributed by atoms with Crippen molar-refractivity contribution in [3.8, 4) is 17.0 Å². The number of carbonyl (C=O) groups is 2.